The van der Waals surface area contributed by atoms with Crippen LogP contribution in [0.1, 0.15) is 68.6 Å². The van der Waals surface area contributed by atoms with E-state index in [1.807, 2.05) is 0 Å². The molecule has 0 amide bonds. The predicted octanol–water partition coefficient (Wildman–Crippen LogP) is 5.91. The summed E-state index contributed by atoms with van der Waals surface area (Å²) in [6, 6.07) is 4.87. The first-order chi connectivity index (χ1) is 9.16. The van der Waals surface area contributed by atoms with E-state index in [0.717, 1.165) is 12.8 Å². The molecule has 0 heterocycles. The Morgan fingerprint density at radius 3 is 2.42 bits per heavy atom. The van der Waals surface area contributed by atoms with Gasteiger partial charge >= 0.3 is 0 Å². The van der Waals surface area contributed by atoms with Crippen molar-refractivity contribution in [3.8, 4) is 0 Å². The van der Waals surface area contributed by atoms with Crippen LogP contribution in [0.25, 0.3) is 0 Å². The molecule has 0 unspecified atom stereocenters. The average molecular weight is 329 g/mol. The fourth-order valence-corrected chi connectivity index (χ4v) is 2.46. The van der Waals surface area contributed by atoms with E-state index in [1.165, 1.54) is 32.1 Å². The molecule has 19 heavy (non-hydrogen) atoms. The summed E-state index contributed by atoms with van der Waals surface area (Å²) < 4.78 is 14.1. The summed E-state index contributed by atoms with van der Waals surface area (Å²) >= 11 is 3.10. The van der Waals surface area contributed by atoms with Crippen molar-refractivity contribution < 1.29 is 9.18 Å². The Morgan fingerprint density at radius 2 is 1.74 bits per heavy atom. The van der Waals surface area contributed by atoms with Gasteiger partial charge in [-0.3, -0.25) is 4.79 Å². The molecule has 0 bridgehead atoms. The molecule has 0 saturated heterocycles. The van der Waals surface area contributed by atoms with Crippen molar-refractivity contribution in [1.29, 1.82) is 0 Å². The van der Waals surface area contributed by atoms with E-state index >= 15 is 0 Å². The highest BCUT2D eigenvalue weighted by molar-refractivity contribution is 9.10. The lowest BCUT2D eigenvalue weighted by Crippen LogP contribution is -2.02. The maximum atomic E-state index is 13.7. The van der Waals surface area contributed by atoms with Gasteiger partial charge < -0.3 is 0 Å². The van der Waals surface area contributed by atoms with Crippen molar-refractivity contribution in [2.24, 2.45) is 0 Å². The fraction of sp³-hybridized carbons (Fsp3) is 0.562. The summed E-state index contributed by atoms with van der Waals surface area (Å²) in [5, 5.41) is 0. The van der Waals surface area contributed by atoms with Gasteiger partial charge in [0.25, 0.3) is 0 Å². The highest BCUT2D eigenvalue weighted by atomic mass is 79.9. The van der Waals surface area contributed by atoms with Crippen LogP contribution in [0.2, 0.25) is 0 Å². The minimum atomic E-state index is -0.435. The number of carbonyl (C=O) groups is 1. The molecule has 1 nitrogen and oxygen atoms in total. The molecule has 0 N–H and O–H groups in total. The lowest BCUT2D eigenvalue weighted by molar-refractivity contribution is 0.0975. The van der Waals surface area contributed by atoms with Crippen LogP contribution in [-0.4, -0.2) is 5.78 Å². The first kappa shape index (κ1) is 16.4. The Hall–Kier alpha value is -0.700. The number of Topliss-reactive ketones (excluding diaryl/α,β-unsaturated/α-hetero) is 1. The zero-order valence-electron chi connectivity index (χ0n) is 11.6. The van der Waals surface area contributed by atoms with Crippen LogP contribution in [0, 0.1) is 5.82 Å². The van der Waals surface area contributed by atoms with Crippen molar-refractivity contribution >= 4 is 21.7 Å². The van der Waals surface area contributed by atoms with Crippen molar-refractivity contribution in [2.75, 3.05) is 0 Å². The van der Waals surface area contributed by atoms with E-state index in [4.69, 9.17) is 0 Å². The molecular formula is C16H22BrFO. The van der Waals surface area contributed by atoms with Crippen LogP contribution in [-0.2, 0) is 0 Å². The first-order valence-corrected chi connectivity index (χ1v) is 7.93. The number of unbranched alkanes of at least 4 members (excludes halogenated alkanes) is 6. The second kappa shape index (κ2) is 9.24. The molecule has 0 saturated carbocycles. The summed E-state index contributed by atoms with van der Waals surface area (Å²) in [6.45, 7) is 2.20. The molecule has 106 valence electrons. The molecule has 0 radical (unpaired) electrons. The van der Waals surface area contributed by atoms with Gasteiger partial charge in [0.15, 0.2) is 5.78 Å². The van der Waals surface area contributed by atoms with Gasteiger partial charge in [-0.25, -0.2) is 4.39 Å². The van der Waals surface area contributed by atoms with E-state index in [-0.39, 0.29) is 11.3 Å². The standard InChI is InChI=1S/C16H22BrFO/c1-2-3-4-5-6-7-8-12-15(19)13-10-9-11-14(17)16(13)18/h9-11H,2-8,12H2,1H3. The third kappa shape index (κ3) is 5.85. The van der Waals surface area contributed by atoms with Crippen molar-refractivity contribution in [3.05, 3.63) is 34.1 Å². The Balaban J connectivity index is 2.26. The molecule has 3 heteroatoms. The smallest absolute Gasteiger partial charge is 0.165 e. The van der Waals surface area contributed by atoms with Gasteiger partial charge in [0.2, 0.25) is 0 Å². The summed E-state index contributed by atoms with van der Waals surface area (Å²) in [6.07, 6.45) is 8.61. The Morgan fingerprint density at radius 1 is 1.11 bits per heavy atom. The molecule has 1 rings (SSSR count). The molecular weight excluding hydrogens is 307 g/mol. The molecule has 1 aromatic rings. The molecule has 0 aliphatic rings. The summed E-state index contributed by atoms with van der Waals surface area (Å²) in [5.41, 5.74) is 0.209. The Labute approximate surface area is 123 Å². The lowest BCUT2D eigenvalue weighted by atomic mass is 10.0. The van der Waals surface area contributed by atoms with E-state index < -0.39 is 5.82 Å². The van der Waals surface area contributed by atoms with E-state index in [2.05, 4.69) is 22.9 Å². The second-order valence-corrected chi connectivity index (χ2v) is 5.75. The van der Waals surface area contributed by atoms with Crippen LogP contribution in [0.3, 0.4) is 0 Å². The highest BCUT2D eigenvalue weighted by Crippen LogP contribution is 2.20. The van der Waals surface area contributed by atoms with Gasteiger partial charge in [-0.15, -0.1) is 0 Å². The van der Waals surface area contributed by atoms with Gasteiger partial charge in [0, 0.05) is 6.42 Å². The second-order valence-electron chi connectivity index (χ2n) is 4.90. The normalized spacial score (nSPS) is 10.7. The Bertz CT molecular complexity index is 404. The number of hydrogen-bond acceptors (Lipinski definition) is 1. The number of rotatable bonds is 9. The summed E-state index contributed by atoms with van der Waals surface area (Å²) in [7, 11) is 0. The van der Waals surface area contributed by atoms with Gasteiger partial charge in [0.05, 0.1) is 10.0 Å². The topological polar surface area (TPSA) is 17.1 Å². The SMILES string of the molecule is CCCCCCCCCC(=O)c1cccc(Br)c1F. The van der Waals surface area contributed by atoms with Crippen molar-refractivity contribution in [3.63, 3.8) is 0 Å². The van der Waals surface area contributed by atoms with Gasteiger partial charge in [-0.05, 0) is 34.5 Å². The number of halogens is 2. The van der Waals surface area contributed by atoms with Crippen LogP contribution in [0.4, 0.5) is 4.39 Å². The van der Waals surface area contributed by atoms with Crippen molar-refractivity contribution in [2.45, 2.75) is 58.3 Å². The van der Waals surface area contributed by atoms with Gasteiger partial charge in [0.1, 0.15) is 5.82 Å². The third-order valence-corrected chi connectivity index (χ3v) is 3.87. The molecule has 0 atom stereocenters. The number of ketones is 1. The van der Waals surface area contributed by atoms with E-state index in [0.29, 0.717) is 10.9 Å². The summed E-state index contributed by atoms with van der Waals surface area (Å²) in [4.78, 5) is 11.9. The zero-order valence-corrected chi connectivity index (χ0v) is 13.1. The largest absolute Gasteiger partial charge is 0.294 e. The van der Waals surface area contributed by atoms with E-state index in [9.17, 15) is 9.18 Å². The first-order valence-electron chi connectivity index (χ1n) is 7.14. The molecule has 0 aromatic heterocycles. The number of benzene rings is 1. The Kier molecular flexibility index (Phi) is 7.96. The number of hydrogen-bond donors (Lipinski definition) is 0. The molecule has 0 spiro atoms. The predicted molar refractivity (Wildman–Crippen MR) is 81.0 cm³/mol. The minimum absolute atomic E-state index is 0.0904. The third-order valence-electron chi connectivity index (χ3n) is 3.26. The van der Waals surface area contributed by atoms with E-state index in [1.54, 1.807) is 18.2 Å². The maximum Gasteiger partial charge on any atom is 0.165 e. The van der Waals surface area contributed by atoms with Crippen molar-refractivity contribution in [1.82, 2.24) is 0 Å². The number of carbonyl (C=O) groups excluding carboxylic acids is 1. The van der Waals surface area contributed by atoms with Crippen LogP contribution >= 0.6 is 15.9 Å². The lowest BCUT2D eigenvalue weighted by Gasteiger charge is -2.04. The molecule has 0 fully saturated rings. The van der Waals surface area contributed by atoms with Crippen LogP contribution in [0.5, 0.6) is 0 Å². The highest BCUT2D eigenvalue weighted by Gasteiger charge is 2.13. The maximum absolute atomic E-state index is 13.7. The fourth-order valence-electron chi connectivity index (χ4n) is 2.10. The van der Waals surface area contributed by atoms with Gasteiger partial charge in [-0.2, -0.15) is 0 Å². The quantitative estimate of drug-likeness (QED) is 0.406. The van der Waals surface area contributed by atoms with Crippen LogP contribution < -0.4 is 0 Å². The van der Waals surface area contributed by atoms with Crippen LogP contribution in [0.15, 0.2) is 22.7 Å². The zero-order chi connectivity index (χ0) is 14.1. The molecule has 0 aliphatic carbocycles. The molecule has 1 aromatic carbocycles. The van der Waals surface area contributed by atoms with Gasteiger partial charge in [-0.1, -0.05) is 51.5 Å². The monoisotopic (exact) mass is 328 g/mol. The molecule has 0 aliphatic heterocycles. The minimum Gasteiger partial charge on any atom is -0.294 e. The summed E-state index contributed by atoms with van der Waals surface area (Å²) in [5.74, 6) is -0.525. The average Bonchev–Trinajstić information content (AvgIpc) is 2.40.